The Bertz CT molecular complexity index is 776. The molecule has 0 aromatic heterocycles. The highest BCUT2D eigenvalue weighted by molar-refractivity contribution is 6.42. The van der Waals surface area contributed by atoms with Gasteiger partial charge in [0.15, 0.2) is 5.96 Å². The van der Waals surface area contributed by atoms with Crippen molar-refractivity contribution in [1.29, 1.82) is 0 Å². The SMILES string of the molecule is NC1=NC(c2ccc(Cl)c(Cl)c2)CC(c2ccc(Cl)cc2Cl)N1. The molecule has 7 heteroatoms. The van der Waals surface area contributed by atoms with E-state index in [1.165, 1.54) is 0 Å². The third-order valence-corrected chi connectivity index (χ3v) is 5.04. The van der Waals surface area contributed by atoms with E-state index < -0.39 is 0 Å². The zero-order chi connectivity index (χ0) is 16.6. The lowest BCUT2D eigenvalue weighted by Gasteiger charge is -2.29. The van der Waals surface area contributed by atoms with Crippen LogP contribution in [0.3, 0.4) is 0 Å². The molecule has 0 bridgehead atoms. The summed E-state index contributed by atoms with van der Waals surface area (Å²) >= 11 is 24.3. The lowest BCUT2D eigenvalue weighted by Crippen LogP contribution is -2.39. The summed E-state index contributed by atoms with van der Waals surface area (Å²) in [5, 5.41) is 5.36. The van der Waals surface area contributed by atoms with Crippen molar-refractivity contribution in [2.75, 3.05) is 0 Å². The van der Waals surface area contributed by atoms with Gasteiger partial charge in [0.25, 0.3) is 0 Å². The first kappa shape index (κ1) is 16.7. The maximum atomic E-state index is 6.31. The van der Waals surface area contributed by atoms with Gasteiger partial charge in [0.05, 0.1) is 22.1 Å². The molecule has 0 amide bonds. The van der Waals surface area contributed by atoms with E-state index in [2.05, 4.69) is 10.3 Å². The molecule has 120 valence electrons. The van der Waals surface area contributed by atoms with Gasteiger partial charge < -0.3 is 11.1 Å². The minimum atomic E-state index is -0.122. The normalized spacial score (nSPS) is 20.8. The highest BCUT2D eigenvalue weighted by Gasteiger charge is 2.26. The van der Waals surface area contributed by atoms with E-state index >= 15 is 0 Å². The van der Waals surface area contributed by atoms with Gasteiger partial charge in [0, 0.05) is 10.0 Å². The van der Waals surface area contributed by atoms with Gasteiger partial charge >= 0.3 is 0 Å². The number of aliphatic imine (C=N–C) groups is 1. The van der Waals surface area contributed by atoms with Crippen molar-refractivity contribution >= 4 is 52.4 Å². The Kier molecular flexibility index (Phi) is 4.93. The maximum Gasteiger partial charge on any atom is 0.189 e. The molecular formula is C16H13Cl4N3. The molecule has 0 aliphatic carbocycles. The van der Waals surface area contributed by atoms with E-state index in [9.17, 15) is 0 Å². The molecule has 0 radical (unpaired) electrons. The van der Waals surface area contributed by atoms with Crippen molar-refractivity contribution in [2.24, 2.45) is 10.7 Å². The summed E-state index contributed by atoms with van der Waals surface area (Å²) in [7, 11) is 0. The number of guanidine groups is 1. The molecular weight excluding hydrogens is 376 g/mol. The van der Waals surface area contributed by atoms with Crippen molar-refractivity contribution in [3.8, 4) is 0 Å². The van der Waals surface area contributed by atoms with E-state index in [-0.39, 0.29) is 12.1 Å². The second-order valence-electron chi connectivity index (χ2n) is 5.30. The van der Waals surface area contributed by atoms with Crippen molar-refractivity contribution in [2.45, 2.75) is 18.5 Å². The average molecular weight is 389 g/mol. The van der Waals surface area contributed by atoms with Gasteiger partial charge in [-0.1, -0.05) is 58.5 Å². The second-order valence-corrected chi connectivity index (χ2v) is 6.96. The highest BCUT2D eigenvalue weighted by atomic mass is 35.5. The van der Waals surface area contributed by atoms with Crippen LogP contribution in [0, 0.1) is 0 Å². The fourth-order valence-electron chi connectivity index (χ4n) is 2.64. The number of hydrogen-bond acceptors (Lipinski definition) is 3. The number of nitrogens with one attached hydrogen (secondary N) is 1. The smallest absolute Gasteiger partial charge is 0.189 e. The molecule has 0 saturated carbocycles. The fourth-order valence-corrected chi connectivity index (χ4v) is 3.48. The van der Waals surface area contributed by atoms with Gasteiger partial charge in [-0.05, 0) is 41.8 Å². The van der Waals surface area contributed by atoms with Crippen molar-refractivity contribution in [3.63, 3.8) is 0 Å². The summed E-state index contributed by atoms with van der Waals surface area (Å²) in [5.74, 6) is 0.364. The standard InChI is InChI=1S/C16H13Cl4N3/c17-9-2-3-10(12(19)6-9)15-7-14(22-16(21)23-15)8-1-4-11(18)13(20)5-8/h1-6,14-15H,7H2,(H3,21,22,23). The van der Waals surface area contributed by atoms with Crippen LogP contribution in [-0.4, -0.2) is 5.96 Å². The Morgan fingerprint density at radius 2 is 1.74 bits per heavy atom. The minimum Gasteiger partial charge on any atom is -0.370 e. The number of halogens is 4. The van der Waals surface area contributed by atoms with Crippen LogP contribution in [0.1, 0.15) is 29.6 Å². The predicted molar refractivity (Wildman–Crippen MR) is 97.8 cm³/mol. The lowest BCUT2D eigenvalue weighted by atomic mass is 9.94. The molecule has 1 aliphatic heterocycles. The summed E-state index contributed by atoms with van der Waals surface area (Å²) in [6.07, 6.45) is 0.694. The van der Waals surface area contributed by atoms with Crippen molar-refractivity contribution in [1.82, 2.24) is 5.32 Å². The highest BCUT2D eigenvalue weighted by Crippen LogP contribution is 2.37. The fraction of sp³-hybridized carbons (Fsp3) is 0.188. The van der Waals surface area contributed by atoms with Crippen LogP contribution in [0.4, 0.5) is 0 Å². The number of rotatable bonds is 2. The Morgan fingerprint density at radius 1 is 0.957 bits per heavy atom. The largest absolute Gasteiger partial charge is 0.370 e. The van der Waals surface area contributed by atoms with E-state index in [1.54, 1.807) is 18.2 Å². The number of hydrogen-bond donors (Lipinski definition) is 2. The van der Waals surface area contributed by atoms with Gasteiger partial charge in [0.2, 0.25) is 0 Å². The summed E-state index contributed by atoms with van der Waals surface area (Å²) in [6.45, 7) is 0. The van der Waals surface area contributed by atoms with Crippen LogP contribution >= 0.6 is 46.4 Å². The Balaban J connectivity index is 1.92. The quantitative estimate of drug-likeness (QED) is 0.724. The van der Waals surface area contributed by atoms with Crippen LogP contribution < -0.4 is 11.1 Å². The molecule has 23 heavy (non-hydrogen) atoms. The van der Waals surface area contributed by atoms with Gasteiger partial charge in [-0.15, -0.1) is 0 Å². The molecule has 3 N–H and O–H groups in total. The predicted octanol–water partition coefficient (Wildman–Crippen LogP) is 5.39. The van der Waals surface area contributed by atoms with Crippen LogP contribution in [-0.2, 0) is 0 Å². The van der Waals surface area contributed by atoms with Gasteiger partial charge in [-0.2, -0.15) is 0 Å². The molecule has 1 heterocycles. The van der Waals surface area contributed by atoms with Gasteiger partial charge in [-0.25, -0.2) is 4.99 Å². The third kappa shape index (κ3) is 3.69. The Morgan fingerprint density at radius 3 is 2.43 bits per heavy atom. The molecule has 2 aromatic rings. The summed E-state index contributed by atoms with van der Waals surface area (Å²) < 4.78 is 0. The van der Waals surface area contributed by atoms with E-state index in [0.29, 0.717) is 32.5 Å². The molecule has 3 rings (SSSR count). The van der Waals surface area contributed by atoms with E-state index in [0.717, 1.165) is 11.1 Å². The molecule has 1 aliphatic rings. The van der Waals surface area contributed by atoms with Crippen LogP contribution in [0.15, 0.2) is 41.4 Å². The first-order valence-electron chi connectivity index (χ1n) is 6.93. The molecule has 0 spiro atoms. The van der Waals surface area contributed by atoms with Crippen LogP contribution in [0.5, 0.6) is 0 Å². The molecule has 2 atom stereocenters. The maximum absolute atomic E-state index is 6.31. The molecule has 2 aromatic carbocycles. The minimum absolute atomic E-state index is 0.0586. The van der Waals surface area contributed by atoms with Crippen molar-refractivity contribution < 1.29 is 0 Å². The zero-order valence-electron chi connectivity index (χ0n) is 11.9. The second kappa shape index (κ2) is 6.78. The van der Waals surface area contributed by atoms with Gasteiger partial charge in [-0.3, -0.25) is 0 Å². The van der Waals surface area contributed by atoms with Crippen LogP contribution in [0.25, 0.3) is 0 Å². The zero-order valence-corrected chi connectivity index (χ0v) is 14.9. The number of nitrogens with two attached hydrogens (primary N) is 1. The van der Waals surface area contributed by atoms with Crippen molar-refractivity contribution in [3.05, 3.63) is 67.6 Å². The third-order valence-electron chi connectivity index (χ3n) is 3.74. The van der Waals surface area contributed by atoms with E-state index in [4.69, 9.17) is 52.1 Å². The first-order valence-corrected chi connectivity index (χ1v) is 8.45. The summed E-state index contributed by atoms with van der Waals surface area (Å²) in [6, 6.07) is 10.7. The first-order chi connectivity index (χ1) is 10.9. The summed E-state index contributed by atoms with van der Waals surface area (Å²) in [4.78, 5) is 4.46. The van der Waals surface area contributed by atoms with Crippen LogP contribution in [0.2, 0.25) is 20.1 Å². The average Bonchev–Trinajstić information content (AvgIpc) is 2.49. The molecule has 0 saturated heterocycles. The van der Waals surface area contributed by atoms with E-state index in [1.807, 2.05) is 18.2 Å². The van der Waals surface area contributed by atoms with Gasteiger partial charge in [0.1, 0.15) is 0 Å². The lowest BCUT2D eigenvalue weighted by molar-refractivity contribution is 0.487. The molecule has 0 fully saturated rings. The monoisotopic (exact) mass is 387 g/mol. The summed E-state index contributed by atoms with van der Waals surface area (Å²) in [5.41, 5.74) is 7.84. The number of nitrogens with zero attached hydrogens (tertiary/aromatic N) is 1. The topological polar surface area (TPSA) is 50.4 Å². The Labute approximate surface area is 154 Å². The molecule has 3 nitrogen and oxygen atoms in total. The Hall–Kier alpha value is -1.13. The molecule has 2 unspecified atom stereocenters. The number of benzene rings is 2.